The molecule has 3 heteroatoms. The quantitative estimate of drug-likeness (QED) is 0.462. The molecule has 8 heavy (non-hydrogen) atoms. The van der Waals surface area contributed by atoms with Crippen molar-refractivity contribution in [3.8, 4) is 0 Å². The molecule has 0 aliphatic carbocycles. The van der Waals surface area contributed by atoms with Crippen LogP contribution in [-0.4, -0.2) is 18.4 Å². The summed E-state index contributed by atoms with van der Waals surface area (Å²) >= 11 is 0. The number of rotatable bonds is 1. The van der Waals surface area contributed by atoms with Crippen LogP contribution in [0.4, 0.5) is 0 Å². The van der Waals surface area contributed by atoms with E-state index in [-0.39, 0.29) is 0 Å². The highest BCUT2D eigenvalue weighted by molar-refractivity contribution is 5.54. The van der Waals surface area contributed by atoms with Gasteiger partial charge in [-0.1, -0.05) is 0 Å². The molecule has 0 spiro atoms. The van der Waals surface area contributed by atoms with Crippen LogP contribution < -0.4 is 0 Å². The van der Waals surface area contributed by atoms with Crippen molar-refractivity contribution in [3.63, 3.8) is 0 Å². The fraction of sp³-hybridized carbons (Fsp3) is 0.800. The first-order chi connectivity index (χ1) is 3.64. The van der Waals surface area contributed by atoms with Crippen LogP contribution in [0.1, 0.15) is 13.8 Å². The van der Waals surface area contributed by atoms with Gasteiger partial charge in [-0.05, 0) is 13.8 Å². The molecule has 1 aliphatic rings. The van der Waals surface area contributed by atoms with E-state index in [1.807, 2.05) is 0 Å². The zero-order valence-electron chi connectivity index (χ0n) is 4.88. The zero-order chi connectivity index (χ0) is 6.20. The predicted octanol–water partition coefficient (Wildman–Crippen LogP) is 0.294. The van der Waals surface area contributed by atoms with Crippen molar-refractivity contribution in [2.24, 2.45) is 0 Å². The van der Waals surface area contributed by atoms with Gasteiger partial charge in [0.15, 0.2) is 12.1 Å². The zero-order valence-corrected chi connectivity index (χ0v) is 4.88. The van der Waals surface area contributed by atoms with E-state index in [2.05, 4.69) is 0 Å². The summed E-state index contributed by atoms with van der Waals surface area (Å²) in [6, 6.07) is 0. The monoisotopic (exact) mass is 116 g/mol. The number of hydrogen-bond donors (Lipinski definition) is 0. The molecule has 0 aromatic carbocycles. The van der Waals surface area contributed by atoms with E-state index in [9.17, 15) is 4.79 Å². The summed E-state index contributed by atoms with van der Waals surface area (Å²) in [6.07, 6.45) is 0.00984. The van der Waals surface area contributed by atoms with Crippen molar-refractivity contribution >= 4 is 6.29 Å². The maximum atomic E-state index is 9.82. The molecular weight excluding hydrogens is 108 g/mol. The van der Waals surface area contributed by atoms with Gasteiger partial charge in [0.1, 0.15) is 0 Å². The van der Waals surface area contributed by atoms with Crippen molar-refractivity contribution in [1.29, 1.82) is 0 Å². The molecule has 0 unspecified atom stereocenters. The Balaban J connectivity index is 2.31. The minimum absolute atomic E-state index is 0.536. The minimum Gasteiger partial charge on any atom is -0.314 e. The Bertz CT molecular complexity index is 100. The molecule has 0 atom stereocenters. The van der Waals surface area contributed by atoms with E-state index in [0.29, 0.717) is 6.29 Å². The molecule has 1 fully saturated rings. The van der Waals surface area contributed by atoms with Gasteiger partial charge in [-0.25, -0.2) is 0 Å². The smallest absolute Gasteiger partial charge is 0.219 e. The highest BCUT2D eigenvalue weighted by Gasteiger charge is 2.37. The summed E-state index contributed by atoms with van der Waals surface area (Å²) in [4.78, 5) is 9.82. The molecule has 0 aromatic rings. The van der Waals surface area contributed by atoms with Gasteiger partial charge in [0, 0.05) is 0 Å². The van der Waals surface area contributed by atoms with E-state index in [4.69, 9.17) is 9.47 Å². The van der Waals surface area contributed by atoms with Gasteiger partial charge in [0.05, 0.1) is 0 Å². The highest BCUT2D eigenvalue weighted by atomic mass is 16.9. The SMILES string of the molecule is CC1(C)OC(C=O)O1. The van der Waals surface area contributed by atoms with Crippen LogP contribution in [0.3, 0.4) is 0 Å². The van der Waals surface area contributed by atoms with E-state index < -0.39 is 12.1 Å². The van der Waals surface area contributed by atoms with Crippen LogP contribution >= 0.6 is 0 Å². The lowest BCUT2D eigenvalue weighted by molar-refractivity contribution is -0.414. The summed E-state index contributed by atoms with van der Waals surface area (Å²) in [5.41, 5.74) is 0. The Hall–Kier alpha value is -0.410. The van der Waals surface area contributed by atoms with Crippen molar-refractivity contribution in [2.45, 2.75) is 25.9 Å². The van der Waals surface area contributed by atoms with Gasteiger partial charge >= 0.3 is 0 Å². The second-order valence-electron chi connectivity index (χ2n) is 2.14. The van der Waals surface area contributed by atoms with Gasteiger partial charge < -0.3 is 9.47 Å². The average Bonchev–Trinajstić information content (AvgIpc) is 1.60. The molecule has 46 valence electrons. The normalized spacial score (nSPS) is 26.8. The first-order valence-electron chi connectivity index (χ1n) is 2.45. The van der Waals surface area contributed by atoms with Gasteiger partial charge in [0.2, 0.25) is 6.29 Å². The Morgan fingerprint density at radius 2 is 2.00 bits per heavy atom. The van der Waals surface area contributed by atoms with Crippen LogP contribution in [0.15, 0.2) is 0 Å². The van der Waals surface area contributed by atoms with Gasteiger partial charge in [0.25, 0.3) is 0 Å². The number of ether oxygens (including phenoxy) is 2. The second-order valence-corrected chi connectivity index (χ2v) is 2.14. The van der Waals surface area contributed by atoms with Crippen molar-refractivity contribution in [1.82, 2.24) is 0 Å². The number of hydrogen-bond acceptors (Lipinski definition) is 3. The van der Waals surface area contributed by atoms with Gasteiger partial charge in [-0.3, -0.25) is 4.79 Å². The molecule has 3 nitrogen and oxygen atoms in total. The maximum Gasteiger partial charge on any atom is 0.219 e. The number of carbonyl (C=O) groups is 1. The highest BCUT2D eigenvalue weighted by Crippen LogP contribution is 2.25. The molecule has 0 N–H and O–H groups in total. The lowest BCUT2D eigenvalue weighted by Gasteiger charge is -2.39. The molecule has 0 aromatic heterocycles. The molecule has 1 saturated heterocycles. The molecule has 0 amide bonds. The lowest BCUT2D eigenvalue weighted by Crippen LogP contribution is -2.49. The van der Waals surface area contributed by atoms with Crippen molar-refractivity contribution < 1.29 is 14.3 Å². The third-order valence-electron chi connectivity index (χ3n) is 0.911. The Labute approximate surface area is 47.6 Å². The second kappa shape index (κ2) is 1.53. The largest absolute Gasteiger partial charge is 0.314 e. The van der Waals surface area contributed by atoms with E-state index in [1.165, 1.54) is 0 Å². The molecular formula is C5H8O3. The Morgan fingerprint density at radius 1 is 1.50 bits per heavy atom. The summed E-state index contributed by atoms with van der Waals surface area (Å²) in [6.45, 7) is 3.51. The predicted molar refractivity (Wildman–Crippen MR) is 26.1 cm³/mol. The van der Waals surface area contributed by atoms with Crippen molar-refractivity contribution in [3.05, 3.63) is 0 Å². The topological polar surface area (TPSA) is 35.5 Å². The molecule has 1 heterocycles. The Kier molecular flexibility index (Phi) is 1.10. The maximum absolute atomic E-state index is 9.82. The summed E-state index contributed by atoms with van der Waals surface area (Å²) < 4.78 is 9.77. The number of carbonyl (C=O) groups excluding carboxylic acids is 1. The molecule has 0 saturated carbocycles. The van der Waals surface area contributed by atoms with Crippen LogP contribution in [0.25, 0.3) is 0 Å². The minimum atomic E-state index is -0.620. The van der Waals surface area contributed by atoms with E-state index in [0.717, 1.165) is 0 Å². The Morgan fingerprint density at radius 3 is 2.12 bits per heavy atom. The summed E-state index contributed by atoms with van der Waals surface area (Å²) in [7, 11) is 0. The number of aldehydes is 1. The lowest BCUT2D eigenvalue weighted by atomic mass is 10.3. The molecule has 1 aliphatic heterocycles. The van der Waals surface area contributed by atoms with Crippen LogP contribution in [0.5, 0.6) is 0 Å². The third-order valence-corrected chi connectivity index (χ3v) is 0.911. The molecule has 0 bridgehead atoms. The summed E-state index contributed by atoms with van der Waals surface area (Å²) in [5.74, 6) is -0.536. The van der Waals surface area contributed by atoms with Gasteiger partial charge in [-0.15, -0.1) is 0 Å². The van der Waals surface area contributed by atoms with Crippen LogP contribution in [-0.2, 0) is 14.3 Å². The van der Waals surface area contributed by atoms with E-state index >= 15 is 0 Å². The molecule has 1 rings (SSSR count). The fourth-order valence-electron chi connectivity index (χ4n) is 0.624. The fourth-order valence-corrected chi connectivity index (χ4v) is 0.624. The molecule has 0 radical (unpaired) electrons. The standard InChI is InChI=1S/C5H8O3/c1-5(2)7-4(3-6)8-5/h3-4H,1-2H3. The third kappa shape index (κ3) is 0.877. The van der Waals surface area contributed by atoms with E-state index in [1.54, 1.807) is 13.8 Å². The summed E-state index contributed by atoms with van der Waals surface area (Å²) in [5, 5.41) is 0. The van der Waals surface area contributed by atoms with Crippen LogP contribution in [0, 0.1) is 0 Å². The first kappa shape index (κ1) is 5.72. The first-order valence-corrected chi connectivity index (χ1v) is 2.45. The van der Waals surface area contributed by atoms with Gasteiger partial charge in [-0.2, -0.15) is 0 Å². The van der Waals surface area contributed by atoms with Crippen LogP contribution in [0.2, 0.25) is 0 Å². The average molecular weight is 116 g/mol. The van der Waals surface area contributed by atoms with Crippen molar-refractivity contribution in [2.75, 3.05) is 0 Å².